The fourth-order valence-electron chi connectivity index (χ4n) is 3.38. The molecular weight excluding hydrogens is 364 g/mol. The van der Waals surface area contributed by atoms with Crippen LogP contribution in [0.1, 0.15) is 40.0 Å². The standard InChI is InChI=1S/C22H22N6O/c1-14-7-8-16(11-23)9-18(14)22(29)26-15(2)19-10-21(28-13-24-12-25-28)27-20-6-4-3-5-17(19)20/h3-10,12-13,15H,11,23H2,1-2H3,(H,26,29)/t15-/m1/s1. The third-order valence-corrected chi connectivity index (χ3v) is 4.98. The molecular formula is C22H22N6O. The Hall–Kier alpha value is -3.58. The Morgan fingerprint density at radius 3 is 2.79 bits per heavy atom. The second-order valence-electron chi connectivity index (χ2n) is 6.98. The van der Waals surface area contributed by atoms with E-state index in [4.69, 9.17) is 5.73 Å². The maximum absolute atomic E-state index is 13.0. The molecule has 2 aromatic carbocycles. The Balaban J connectivity index is 1.71. The number of hydrogen-bond donors (Lipinski definition) is 2. The van der Waals surface area contributed by atoms with E-state index in [1.165, 1.54) is 6.33 Å². The summed E-state index contributed by atoms with van der Waals surface area (Å²) in [5, 5.41) is 8.28. The Bertz CT molecular complexity index is 1170. The molecule has 0 aliphatic rings. The van der Waals surface area contributed by atoms with Gasteiger partial charge in [-0.25, -0.2) is 14.6 Å². The number of hydrogen-bond acceptors (Lipinski definition) is 5. The van der Waals surface area contributed by atoms with Crippen LogP contribution in [0, 0.1) is 6.92 Å². The highest BCUT2D eigenvalue weighted by Crippen LogP contribution is 2.26. The summed E-state index contributed by atoms with van der Waals surface area (Å²) < 4.78 is 1.61. The highest BCUT2D eigenvalue weighted by molar-refractivity contribution is 5.96. The van der Waals surface area contributed by atoms with Crippen LogP contribution < -0.4 is 11.1 Å². The second-order valence-corrected chi connectivity index (χ2v) is 6.98. The molecule has 1 amide bonds. The van der Waals surface area contributed by atoms with Gasteiger partial charge in [0.05, 0.1) is 11.6 Å². The Kier molecular flexibility index (Phi) is 5.05. The predicted octanol–water partition coefficient (Wildman–Crippen LogP) is 3.07. The number of carbonyl (C=O) groups is 1. The molecule has 2 aromatic heterocycles. The zero-order valence-electron chi connectivity index (χ0n) is 16.3. The van der Waals surface area contributed by atoms with Gasteiger partial charge in [-0.3, -0.25) is 4.79 Å². The molecule has 3 N–H and O–H groups in total. The van der Waals surface area contributed by atoms with Crippen molar-refractivity contribution in [2.24, 2.45) is 5.73 Å². The molecule has 0 saturated carbocycles. The zero-order chi connectivity index (χ0) is 20.4. The van der Waals surface area contributed by atoms with E-state index in [0.29, 0.717) is 17.9 Å². The number of rotatable bonds is 5. The first-order valence-electron chi connectivity index (χ1n) is 9.42. The molecule has 0 saturated heterocycles. The van der Waals surface area contributed by atoms with Crippen molar-refractivity contribution in [1.82, 2.24) is 25.1 Å². The molecule has 29 heavy (non-hydrogen) atoms. The number of nitrogens with one attached hydrogen (secondary N) is 1. The summed E-state index contributed by atoms with van der Waals surface area (Å²) in [6, 6.07) is 15.3. The van der Waals surface area contributed by atoms with Crippen molar-refractivity contribution < 1.29 is 4.79 Å². The number of para-hydroxylation sites is 1. The third-order valence-electron chi connectivity index (χ3n) is 4.98. The van der Waals surface area contributed by atoms with Crippen molar-refractivity contribution in [3.8, 4) is 5.82 Å². The average Bonchev–Trinajstić information content (AvgIpc) is 3.28. The van der Waals surface area contributed by atoms with E-state index < -0.39 is 0 Å². The van der Waals surface area contributed by atoms with Crippen molar-refractivity contribution in [2.75, 3.05) is 0 Å². The second kappa shape index (κ2) is 7.81. The third kappa shape index (κ3) is 3.72. The van der Waals surface area contributed by atoms with Crippen LogP contribution in [0.15, 0.2) is 61.2 Å². The Morgan fingerprint density at radius 1 is 1.21 bits per heavy atom. The van der Waals surface area contributed by atoms with Crippen LogP contribution in [-0.2, 0) is 6.54 Å². The normalized spacial score (nSPS) is 12.1. The number of pyridine rings is 1. The summed E-state index contributed by atoms with van der Waals surface area (Å²) in [6.45, 7) is 4.28. The Labute approximate surface area is 168 Å². The van der Waals surface area contributed by atoms with Gasteiger partial charge in [-0.2, -0.15) is 5.10 Å². The summed E-state index contributed by atoms with van der Waals surface area (Å²) >= 11 is 0. The van der Waals surface area contributed by atoms with Crippen LogP contribution in [0.3, 0.4) is 0 Å². The topological polar surface area (TPSA) is 98.7 Å². The van der Waals surface area contributed by atoms with Crippen LogP contribution in [0.2, 0.25) is 0 Å². The summed E-state index contributed by atoms with van der Waals surface area (Å²) in [5.74, 6) is 0.520. The molecule has 0 unspecified atom stereocenters. The van der Waals surface area contributed by atoms with Gasteiger partial charge in [0.15, 0.2) is 5.82 Å². The summed E-state index contributed by atoms with van der Waals surface area (Å²) in [4.78, 5) is 21.6. The number of aromatic nitrogens is 4. The minimum atomic E-state index is -0.237. The molecule has 1 atom stereocenters. The number of benzene rings is 2. The molecule has 4 aromatic rings. The molecule has 0 aliphatic heterocycles. The first-order valence-corrected chi connectivity index (χ1v) is 9.42. The fraction of sp³-hybridized carbons (Fsp3) is 0.182. The minimum absolute atomic E-state index is 0.131. The quantitative estimate of drug-likeness (QED) is 0.549. The molecule has 2 heterocycles. The zero-order valence-corrected chi connectivity index (χ0v) is 16.3. The maximum Gasteiger partial charge on any atom is 0.252 e. The molecule has 4 rings (SSSR count). The number of carbonyl (C=O) groups excluding carboxylic acids is 1. The van der Waals surface area contributed by atoms with Crippen LogP contribution in [0.4, 0.5) is 0 Å². The van der Waals surface area contributed by atoms with E-state index in [9.17, 15) is 4.79 Å². The van der Waals surface area contributed by atoms with Crippen LogP contribution >= 0.6 is 0 Å². The van der Waals surface area contributed by atoms with Gasteiger partial charge in [0.25, 0.3) is 5.91 Å². The van der Waals surface area contributed by atoms with Gasteiger partial charge in [0.2, 0.25) is 0 Å². The summed E-state index contributed by atoms with van der Waals surface area (Å²) in [6.07, 6.45) is 3.07. The van der Waals surface area contributed by atoms with Gasteiger partial charge in [-0.15, -0.1) is 0 Å². The van der Waals surface area contributed by atoms with Crippen LogP contribution in [0.25, 0.3) is 16.7 Å². The van der Waals surface area contributed by atoms with E-state index in [-0.39, 0.29) is 11.9 Å². The lowest BCUT2D eigenvalue weighted by Crippen LogP contribution is -2.28. The first kappa shape index (κ1) is 18.8. The van der Waals surface area contributed by atoms with Crippen molar-refractivity contribution in [3.63, 3.8) is 0 Å². The van der Waals surface area contributed by atoms with Crippen LogP contribution in [-0.4, -0.2) is 25.7 Å². The fourth-order valence-corrected chi connectivity index (χ4v) is 3.38. The molecule has 0 fully saturated rings. The molecule has 7 heteroatoms. The lowest BCUT2D eigenvalue weighted by atomic mass is 10.0. The maximum atomic E-state index is 13.0. The molecule has 0 aliphatic carbocycles. The van der Waals surface area contributed by atoms with Gasteiger partial charge in [0, 0.05) is 17.5 Å². The summed E-state index contributed by atoms with van der Waals surface area (Å²) in [7, 11) is 0. The minimum Gasteiger partial charge on any atom is -0.345 e. The van der Waals surface area contributed by atoms with Gasteiger partial charge in [-0.05, 0) is 48.7 Å². The highest BCUT2D eigenvalue weighted by atomic mass is 16.1. The van der Waals surface area contributed by atoms with Crippen molar-refractivity contribution in [2.45, 2.75) is 26.4 Å². The van der Waals surface area contributed by atoms with Crippen molar-refractivity contribution in [1.29, 1.82) is 0 Å². The lowest BCUT2D eigenvalue weighted by Gasteiger charge is -2.18. The molecule has 146 valence electrons. The van der Waals surface area contributed by atoms with Gasteiger partial charge in [-0.1, -0.05) is 30.3 Å². The monoisotopic (exact) mass is 386 g/mol. The van der Waals surface area contributed by atoms with Crippen molar-refractivity contribution >= 4 is 16.8 Å². The Morgan fingerprint density at radius 2 is 2.03 bits per heavy atom. The van der Waals surface area contributed by atoms with Gasteiger partial charge in [0.1, 0.15) is 12.7 Å². The van der Waals surface area contributed by atoms with E-state index in [1.54, 1.807) is 11.0 Å². The van der Waals surface area contributed by atoms with Gasteiger partial charge < -0.3 is 11.1 Å². The van der Waals surface area contributed by atoms with E-state index in [2.05, 4.69) is 20.4 Å². The first-order chi connectivity index (χ1) is 14.1. The van der Waals surface area contributed by atoms with Crippen LogP contribution in [0.5, 0.6) is 0 Å². The molecule has 7 nitrogen and oxygen atoms in total. The number of nitrogens with two attached hydrogens (primary N) is 1. The van der Waals surface area contributed by atoms with Crippen molar-refractivity contribution in [3.05, 3.63) is 83.4 Å². The number of aryl methyl sites for hydroxylation is 1. The smallest absolute Gasteiger partial charge is 0.252 e. The number of fused-ring (bicyclic) bond motifs is 1. The van der Waals surface area contributed by atoms with Gasteiger partial charge >= 0.3 is 0 Å². The molecule has 0 radical (unpaired) electrons. The molecule has 0 bridgehead atoms. The predicted molar refractivity (Wildman–Crippen MR) is 112 cm³/mol. The SMILES string of the molecule is Cc1ccc(CN)cc1C(=O)N[C@H](C)c1cc(-n2cncn2)nc2ccccc12. The van der Waals surface area contributed by atoms with E-state index in [0.717, 1.165) is 27.6 Å². The van der Waals surface area contributed by atoms with E-state index in [1.807, 2.05) is 62.4 Å². The van der Waals surface area contributed by atoms with E-state index >= 15 is 0 Å². The summed E-state index contributed by atoms with van der Waals surface area (Å²) in [5.41, 5.74) is 10.00. The lowest BCUT2D eigenvalue weighted by molar-refractivity contribution is 0.0939. The molecule has 0 spiro atoms. The number of amides is 1. The largest absolute Gasteiger partial charge is 0.345 e. The average molecular weight is 386 g/mol. The highest BCUT2D eigenvalue weighted by Gasteiger charge is 2.17. The number of nitrogens with zero attached hydrogens (tertiary/aromatic N) is 4.